The minimum atomic E-state index is -0.440. The Hall–Kier alpha value is -1.69. The van der Waals surface area contributed by atoms with E-state index in [2.05, 4.69) is 5.32 Å². The highest BCUT2D eigenvalue weighted by Gasteiger charge is 2.29. The van der Waals surface area contributed by atoms with Crippen LogP contribution < -0.4 is 5.32 Å². The first-order chi connectivity index (χ1) is 7.56. The van der Waals surface area contributed by atoms with Gasteiger partial charge >= 0.3 is 0 Å². The van der Waals surface area contributed by atoms with Gasteiger partial charge in [0.15, 0.2) is 0 Å². The monoisotopic (exact) mass is 226 g/mol. The van der Waals surface area contributed by atoms with Crippen molar-refractivity contribution < 1.29 is 19.1 Å². The van der Waals surface area contributed by atoms with E-state index >= 15 is 0 Å². The van der Waals surface area contributed by atoms with Crippen LogP contribution in [0.3, 0.4) is 0 Å². The fourth-order valence-electron chi connectivity index (χ4n) is 1.28. The Morgan fingerprint density at radius 1 is 1.50 bits per heavy atom. The first-order valence-electron chi connectivity index (χ1n) is 4.86. The number of amides is 3. The number of rotatable bonds is 5. The van der Waals surface area contributed by atoms with Gasteiger partial charge in [0.2, 0.25) is 5.91 Å². The second-order valence-corrected chi connectivity index (χ2v) is 3.40. The van der Waals surface area contributed by atoms with E-state index in [-0.39, 0.29) is 12.5 Å². The largest absolute Gasteiger partial charge is 0.383 e. The summed E-state index contributed by atoms with van der Waals surface area (Å²) in [5.41, 5.74) is 0.356. The van der Waals surface area contributed by atoms with Crippen LogP contribution in [0.2, 0.25) is 0 Å². The van der Waals surface area contributed by atoms with Crippen LogP contribution in [0.5, 0.6) is 0 Å². The zero-order chi connectivity index (χ0) is 12.1. The van der Waals surface area contributed by atoms with E-state index in [0.29, 0.717) is 18.7 Å². The highest BCUT2D eigenvalue weighted by Crippen LogP contribution is 2.10. The molecule has 1 rings (SSSR count). The summed E-state index contributed by atoms with van der Waals surface area (Å²) in [4.78, 5) is 34.9. The van der Waals surface area contributed by atoms with Gasteiger partial charge in [-0.1, -0.05) is 0 Å². The van der Waals surface area contributed by atoms with Crippen LogP contribution in [0, 0.1) is 0 Å². The number of hydrogen-bond donors (Lipinski definition) is 1. The number of nitrogens with zero attached hydrogens (tertiary/aromatic N) is 1. The van der Waals surface area contributed by atoms with Crippen LogP contribution >= 0.6 is 0 Å². The molecule has 6 heteroatoms. The zero-order valence-corrected chi connectivity index (χ0v) is 9.28. The van der Waals surface area contributed by atoms with Gasteiger partial charge in [-0.3, -0.25) is 19.3 Å². The fraction of sp³-hybridized carbons (Fsp3) is 0.500. The molecule has 1 N–H and O–H groups in total. The third-order valence-electron chi connectivity index (χ3n) is 2.12. The molecule has 0 radical (unpaired) electrons. The summed E-state index contributed by atoms with van der Waals surface area (Å²) in [5.74, 6) is -1.22. The van der Waals surface area contributed by atoms with Crippen LogP contribution in [-0.4, -0.2) is 49.4 Å². The molecule has 0 aromatic carbocycles. The maximum Gasteiger partial charge on any atom is 0.257 e. The van der Waals surface area contributed by atoms with Gasteiger partial charge in [-0.15, -0.1) is 0 Å². The molecule has 3 amide bonds. The molecule has 1 heterocycles. The lowest BCUT2D eigenvalue weighted by Gasteiger charge is -2.13. The van der Waals surface area contributed by atoms with Gasteiger partial charge < -0.3 is 10.1 Å². The number of imide groups is 1. The quantitative estimate of drug-likeness (QED) is 0.485. The van der Waals surface area contributed by atoms with E-state index in [1.165, 1.54) is 13.2 Å². The average Bonchev–Trinajstić information content (AvgIpc) is 2.46. The van der Waals surface area contributed by atoms with Crippen LogP contribution in [-0.2, 0) is 19.1 Å². The molecule has 0 bridgehead atoms. The second-order valence-electron chi connectivity index (χ2n) is 3.40. The molecule has 0 saturated carbocycles. The van der Waals surface area contributed by atoms with Crippen molar-refractivity contribution >= 4 is 17.7 Å². The Morgan fingerprint density at radius 2 is 2.19 bits per heavy atom. The molecule has 0 atom stereocenters. The van der Waals surface area contributed by atoms with E-state index in [4.69, 9.17) is 4.74 Å². The summed E-state index contributed by atoms with van der Waals surface area (Å²) >= 11 is 0. The number of nitrogens with one attached hydrogen (secondary N) is 1. The van der Waals surface area contributed by atoms with Crippen molar-refractivity contribution in [2.45, 2.75) is 6.92 Å². The van der Waals surface area contributed by atoms with Crippen LogP contribution in [0.4, 0.5) is 0 Å². The molecule has 0 saturated heterocycles. The molecule has 1 aliphatic heterocycles. The molecule has 16 heavy (non-hydrogen) atoms. The number of hydrogen-bond acceptors (Lipinski definition) is 4. The molecule has 0 spiro atoms. The van der Waals surface area contributed by atoms with Gasteiger partial charge in [0.05, 0.1) is 6.61 Å². The number of carbonyl (C=O) groups is 3. The molecule has 6 nitrogen and oxygen atoms in total. The Morgan fingerprint density at radius 3 is 2.69 bits per heavy atom. The van der Waals surface area contributed by atoms with Crippen molar-refractivity contribution in [1.82, 2.24) is 10.2 Å². The van der Waals surface area contributed by atoms with Gasteiger partial charge in [0.1, 0.15) is 6.54 Å². The highest BCUT2D eigenvalue weighted by atomic mass is 16.5. The lowest BCUT2D eigenvalue weighted by atomic mass is 10.3. The summed E-state index contributed by atoms with van der Waals surface area (Å²) in [6.45, 7) is 2.06. The normalized spacial score (nSPS) is 15.4. The highest BCUT2D eigenvalue weighted by molar-refractivity contribution is 6.17. The maximum absolute atomic E-state index is 11.4. The van der Waals surface area contributed by atoms with Crippen molar-refractivity contribution in [3.63, 3.8) is 0 Å². The van der Waals surface area contributed by atoms with E-state index in [1.54, 1.807) is 6.92 Å². The first-order valence-corrected chi connectivity index (χ1v) is 4.86. The molecule has 1 aliphatic rings. The van der Waals surface area contributed by atoms with Gasteiger partial charge in [-0.05, 0) is 6.92 Å². The Balaban J connectivity index is 2.41. The third kappa shape index (κ3) is 2.90. The van der Waals surface area contributed by atoms with Crippen molar-refractivity contribution in [1.29, 1.82) is 0 Å². The van der Waals surface area contributed by atoms with E-state index in [9.17, 15) is 14.4 Å². The topological polar surface area (TPSA) is 75.7 Å². The minimum Gasteiger partial charge on any atom is -0.383 e. The van der Waals surface area contributed by atoms with E-state index in [1.807, 2.05) is 0 Å². The molecule has 88 valence electrons. The summed E-state index contributed by atoms with van der Waals surface area (Å²) in [7, 11) is 1.52. The molecule has 0 aromatic heterocycles. The zero-order valence-electron chi connectivity index (χ0n) is 9.28. The summed E-state index contributed by atoms with van der Waals surface area (Å²) < 4.78 is 4.75. The smallest absolute Gasteiger partial charge is 0.257 e. The summed E-state index contributed by atoms with van der Waals surface area (Å²) in [6, 6.07) is 0. The minimum absolute atomic E-state index is 0.241. The summed E-state index contributed by atoms with van der Waals surface area (Å²) in [6.07, 6.45) is 1.23. The second kappa shape index (κ2) is 5.41. The van der Waals surface area contributed by atoms with Crippen molar-refractivity contribution in [3.05, 3.63) is 11.6 Å². The number of carbonyl (C=O) groups excluding carboxylic acids is 3. The van der Waals surface area contributed by atoms with Gasteiger partial charge in [-0.2, -0.15) is 0 Å². The molecular formula is C10H14N2O4. The third-order valence-corrected chi connectivity index (χ3v) is 2.12. The van der Waals surface area contributed by atoms with E-state index < -0.39 is 11.8 Å². The van der Waals surface area contributed by atoms with Gasteiger partial charge in [-0.25, -0.2) is 0 Å². The first kappa shape index (κ1) is 12.4. The van der Waals surface area contributed by atoms with Crippen LogP contribution in [0.15, 0.2) is 11.6 Å². The van der Waals surface area contributed by atoms with Crippen LogP contribution in [0.25, 0.3) is 0 Å². The predicted molar refractivity (Wildman–Crippen MR) is 55.4 cm³/mol. The maximum atomic E-state index is 11.4. The van der Waals surface area contributed by atoms with Gasteiger partial charge in [0, 0.05) is 25.3 Å². The molecule has 0 unspecified atom stereocenters. The summed E-state index contributed by atoms with van der Waals surface area (Å²) in [5, 5.41) is 2.53. The molecule has 0 aliphatic carbocycles. The van der Waals surface area contributed by atoms with Crippen molar-refractivity contribution in [2.75, 3.05) is 26.8 Å². The Kier molecular flexibility index (Phi) is 4.19. The number of ether oxygens (including phenoxy) is 1. The lowest BCUT2D eigenvalue weighted by molar-refractivity contribution is -0.141. The van der Waals surface area contributed by atoms with E-state index in [0.717, 1.165) is 4.90 Å². The lowest BCUT2D eigenvalue weighted by Crippen LogP contribution is -2.41. The standard InChI is InChI=1S/C10H14N2O4/c1-7-5-9(14)12(10(7)15)6-8(13)11-3-4-16-2/h5H,3-4,6H2,1-2H3,(H,11,13). The van der Waals surface area contributed by atoms with Gasteiger partial charge in [0.25, 0.3) is 11.8 Å². The average molecular weight is 226 g/mol. The molecular weight excluding hydrogens is 212 g/mol. The Bertz CT molecular complexity index is 349. The Labute approximate surface area is 93.2 Å². The van der Waals surface area contributed by atoms with Crippen LogP contribution in [0.1, 0.15) is 6.92 Å². The fourth-order valence-corrected chi connectivity index (χ4v) is 1.28. The number of methoxy groups -OCH3 is 1. The van der Waals surface area contributed by atoms with Crippen molar-refractivity contribution in [3.8, 4) is 0 Å². The predicted octanol–water partition coefficient (Wildman–Crippen LogP) is -0.936. The molecule has 0 fully saturated rings. The van der Waals surface area contributed by atoms with Crippen molar-refractivity contribution in [2.24, 2.45) is 0 Å². The molecule has 0 aromatic rings. The SMILES string of the molecule is COCCNC(=O)CN1C(=O)C=C(C)C1=O.